The summed E-state index contributed by atoms with van der Waals surface area (Å²) in [4.78, 5) is 34.3. The number of carbonyl (C=O) groups excluding carboxylic acids is 2. The Bertz CT molecular complexity index is 1320. The van der Waals surface area contributed by atoms with Crippen LogP contribution in [0.25, 0.3) is 6.08 Å². The largest absolute Gasteiger partial charge is 0.446 e. The summed E-state index contributed by atoms with van der Waals surface area (Å²) in [5, 5.41) is 4.09. The van der Waals surface area contributed by atoms with Crippen LogP contribution in [0.4, 0.5) is 23.1 Å². The van der Waals surface area contributed by atoms with E-state index in [9.17, 15) is 22.8 Å². The Labute approximate surface area is 228 Å². The van der Waals surface area contributed by atoms with Crippen molar-refractivity contribution < 1.29 is 27.5 Å². The third-order valence-corrected chi connectivity index (χ3v) is 8.17. The molecule has 0 aliphatic carbocycles. The Kier molecular flexibility index (Phi) is 7.76. The lowest BCUT2D eigenvalue weighted by Gasteiger charge is -2.33. The average Bonchev–Trinajstić information content (AvgIpc) is 3.57. The van der Waals surface area contributed by atoms with Gasteiger partial charge < -0.3 is 14.5 Å². The van der Waals surface area contributed by atoms with Gasteiger partial charge in [-0.3, -0.25) is 15.2 Å². The molecule has 9 nitrogen and oxygen atoms in total. The lowest BCUT2D eigenvalue weighted by Crippen LogP contribution is -2.49. The third kappa shape index (κ3) is 6.57. The first-order valence-electron chi connectivity index (χ1n) is 11.4. The van der Waals surface area contributed by atoms with Crippen molar-refractivity contribution in [1.82, 2.24) is 24.7 Å². The summed E-state index contributed by atoms with van der Waals surface area (Å²) in [6, 6.07) is 5.72. The topological polar surface area (TPSA) is 90.9 Å². The van der Waals surface area contributed by atoms with Gasteiger partial charge in [-0.15, -0.1) is 11.3 Å². The second-order valence-corrected chi connectivity index (χ2v) is 11.1. The maximum atomic E-state index is 12.7. The van der Waals surface area contributed by atoms with Gasteiger partial charge in [0.15, 0.2) is 5.13 Å². The number of benzene rings is 1. The number of carbonyl (C=O) groups is 2. The maximum Gasteiger partial charge on any atom is 0.446 e. The Balaban J connectivity index is 1.06. The Morgan fingerprint density at radius 3 is 2.63 bits per heavy atom. The summed E-state index contributed by atoms with van der Waals surface area (Å²) in [7, 11) is 0. The van der Waals surface area contributed by atoms with Gasteiger partial charge in [-0.25, -0.2) is 14.2 Å². The van der Waals surface area contributed by atoms with Crippen LogP contribution in [0.15, 0.2) is 46.9 Å². The van der Waals surface area contributed by atoms with Gasteiger partial charge in [-0.1, -0.05) is 12.1 Å². The lowest BCUT2D eigenvalue weighted by atomic mass is 10.2. The Morgan fingerprint density at radius 1 is 1.13 bits per heavy atom. The fraction of sp³-hybridized carbons (Fsp3) is 0.304. The number of aromatic nitrogens is 2. The zero-order chi connectivity index (χ0) is 26.7. The number of amides is 2. The maximum absolute atomic E-state index is 12.7. The summed E-state index contributed by atoms with van der Waals surface area (Å²) in [6.45, 7) is 2.38. The Morgan fingerprint density at radius 2 is 1.89 bits per heavy atom. The molecule has 1 N–H and O–H groups in total. The van der Waals surface area contributed by atoms with E-state index in [1.54, 1.807) is 27.7 Å². The molecule has 2 aromatic heterocycles. The van der Waals surface area contributed by atoms with Crippen molar-refractivity contribution in [2.45, 2.75) is 23.6 Å². The molecule has 5 rings (SSSR count). The molecule has 3 aromatic rings. The number of rotatable bonds is 6. The minimum absolute atomic E-state index is 0.0304. The molecule has 0 saturated carbocycles. The van der Waals surface area contributed by atoms with Gasteiger partial charge in [-0.05, 0) is 47.1 Å². The fourth-order valence-corrected chi connectivity index (χ4v) is 5.85. The molecule has 200 valence electrons. The number of ether oxygens (including phenoxy) is 1. The molecule has 4 heterocycles. The standard InChI is InChI=1S/C23H21F3N6O3S3/c24-23(25,26)37-17-3-1-15(2-4-17)13-35-22(34)31-9-7-30(8-10-31)21-28-18(14-36-21)20(33)29-32-6-5-19-16(12-32)11-27-38-19/h1-6,11,14H,7-10,12-13H2,(H,29,33). The minimum Gasteiger partial charge on any atom is -0.445 e. The number of fused-ring (bicyclic) bond motifs is 1. The van der Waals surface area contributed by atoms with E-state index in [1.165, 1.54) is 47.1 Å². The van der Waals surface area contributed by atoms with Gasteiger partial charge in [0.2, 0.25) is 0 Å². The van der Waals surface area contributed by atoms with E-state index in [-0.39, 0.29) is 29.2 Å². The first kappa shape index (κ1) is 26.3. The molecule has 1 saturated heterocycles. The number of anilines is 1. The summed E-state index contributed by atoms with van der Waals surface area (Å²) in [5.41, 5.74) is 0.450. The summed E-state index contributed by atoms with van der Waals surface area (Å²) >= 11 is 2.58. The van der Waals surface area contributed by atoms with Gasteiger partial charge >= 0.3 is 11.6 Å². The smallest absolute Gasteiger partial charge is 0.445 e. The second-order valence-electron chi connectivity index (χ2n) is 8.34. The highest BCUT2D eigenvalue weighted by Crippen LogP contribution is 2.36. The molecule has 1 aromatic carbocycles. The van der Waals surface area contributed by atoms with Gasteiger partial charge in [0, 0.05) is 54.4 Å². The molecule has 2 amide bonds. The zero-order valence-electron chi connectivity index (χ0n) is 19.7. The summed E-state index contributed by atoms with van der Waals surface area (Å²) in [5.74, 6) is -0.309. The minimum atomic E-state index is -4.35. The van der Waals surface area contributed by atoms with E-state index < -0.39 is 11.6 Å². The number of hydrazine groups is 1. The van der Waals surface area contributed by atoms with E-state index in [0.717, 1.165) is 10.4 Å². The highest BCUT2D eigenvalue weighted by atomic mass is 32.2. The number of halogens is 3. The number of thioether (sulfide) groups is 1. The first-order chi connectivity index (χ1) is 18.2. The normalized spacial score (nSPS) is 15.4. The molecule has 0 radical (unpaired) electrons. The molecule has 0 spiro atoms. The quantitative estimate of drug-likeness (QED) is 0.415. The van der Waals surface area contributed by atoms with Crippen LogP contribution in [0, 0.1) is 0 Å². The van der Waals surface area contributed by atoms with E-state index in [4.69, 9.17) is 4.74 Å². The van der Waals surface area contributed by atoms with Crippen LogP contribution in [0.1, 0.15) is 26.5 Å². The Hall–Kier alpha value is -3.30. The lowest BCUT2D eigenvalue weighted by molar-refractivity contribution is -0.0328. The molecule has 2 aliphatic heterocycles. The molecular formula is C23H21F3N6O3S3. The highest BCUT2D eigenvalue weighted by Gasteiger charge is 2.29. The van der Waals surface area contributed by atoms with E-state index in [0.29, 0.717) is 49.1 Å². The van der Waals surface area contributed by atoms with Crippen molar-refractivity contribution in [3.8, 4) is 0 Å². The second kappa shape index (κ2) is 11.2. The van der Waals surface area contributed by atoms with Crippen molar-refractivity contribution in [2.24, 2.45) is 0 Å². The van der Waals surface area contributed by atoms with Crippen molar-refractivity contribution in [3.63, 3.8) is 0 Å². The van der Waals surface area contributed by atoms with Crippen LogP contribution in [0.2, 0.25) is 0 Å². The molecule has 0 bridgehead atoms. The predicted octanol–water partition coefficient (Wildman–Crippen LogP) is 4.80. The van der Waals surface area contributed by atoms with Crippen LogP contribution in [0.5, 0.6) is 0 Å². The van der Waals surface area contributed by atoms with Crippen LogP contribution in [-0.4, -0.2) is 63.0 Å². The van der Waals surface area contributed by atoms with Crippen molar-refractivity contribution >= 4 is 57.8 Å². The average molecular weight is 583 g/mol. The monoisotopic (exact) mass is 582 g/mol. The summed E-state index contributed by atoms with van der Waals surface area (Å²) < 4.78 is 46.8. The van der Waals surface area contributed by atoms with E-state index in [1.807, 2.05) is 11.0 Å². The molecule has 2 aliphatic rings. The van der Waals surface area contributed by atoms with Crippen LogP contribution >= 0.6 is 34.6 Å². The van der Waals surface area contributed by atoms with Crippen LogP contribution in [-0.2, 0) is 17.9 Å². The van der Waals surface area contributed by atoms with Crippen molar-refractivity contribution in [3.05, 3.63) is 63.7 Å². The first-order valence-corrected chi connectivity index (χ1v) is 13.9. The number of piperazine rings is 1. The van der Waals surface area contributed by atoms with Crippen molar-refractivity contribution in [1.29, 1.82) is 0 Å². The van der Waals surface area contributed by atoms with Gasteiger partial charge in [-0.2, -0.15) is 13.2 Å². The van der Waals surface area contributed by atoms with Gasteiger partial charge in [0.25, 0.3) is 5.91 Å². The number of hydrogen-bond donors (Lipinski definition) is 1. The SMILES string of the molecule is O=C(NN1C=Cc2sncc2C1)c1csc(N2CCN(C(=O)OCc3ccc(SC(F)(F)F)cc3)CC2)n1. The number of nitrogens with one attached hydrogen (secondary N) is 1. The third-order valence-electron chi connectivity index (χ3n) is 5.72. The predicted molar refractivity (Wildman–Crippen MR) is 139 cm³/mol. The van der Waals surface area contributed by atoms with Gasteiger partial charge in [0.1, 0.15) is 12.3 Å². The number of alkyl halides is 3. The molecular weight excluding hydrogens is 561 g/mol. The van der Waals surface area contributed by atoms with Crippen LogP contribution < -0.4 is 10.3 Å². The molecule has 0 atom stereocenters. The highest BCUT2D eigenvalue weighted by molar-refractivity contribution is 8.00. The zero-order valence-corrected chi connectivity index (χ0v) is 22.1. The van der Waals surface area contributed by atoms with E-state index >= 15 is 0 Å². The number of thiazole rings is 1. The molecule has 0 unspecified atom stereocenters. The van der Waals surface area contributed by atoms with Crippen LogP contribution in [0.3, 0.4) is 0 Å². The van der Waals surface area contributed by atoms with Gasteiger partial charge in [0.05, 0.1) is 11.4 Å². The number of nitrogens with zero attached hydrogens (tertiary/aromatic N) is 5. The molecule has 38 heavy (non-hydrogen) atoms. The molecule has 15 heteroatoms. The summed E-state index contributed by atoms with van der Waals surface area (Å²) in [6.07, 6.45) is 5.00. The molecule has 1 fully saturated rings. The van der Waals surface area contributed by atoms with Crippen molar-refractivity contribution in [2.75, 3.05) is 31.1 Å². The van der Waals surface area contributed by atoms with E-state index in [2.05, 4.69) is 14.8 Å². The fourth-order valence-electron chi connectivity index (χ4n) is 3.80. The number of hydrogen-bond acceptors (Lipinski definition) is 10.